The average Bonchev–Trinajstić information content (AvgIpc) is 3.17. The van der Waals surface area contributed by atoms with Crippen LogP contribution in [-0.4, -0.2) is 52.8 Å². The van der Waals surface area contributed by atoms with Crippen molar-refractivity contribution in [3.63, 3.8) is 0 Å². The van der Waals surface area contributed by atoms with Crippen molar-refractivity contribution in [2.75, 3.05) is 40.9 Å². The van der Waals surface area contributed by atoms with Gasteiger partial charge in [-0.2, -0.15) is 0 Å². The van der Waals surface area contributed by atoms with Gasteiger partial charge in [0, 0.05) is 46.5 Å². The summed E-state index contributed by atoms with van der Waals surface area (Å²) < 4.78 is 5.31. The molecular weight excluding hydrogens is 340 g/mol. The number of nitrogens with one attached hydrogen (secondary N) is 3. The molecule has 0 heterocycles. The van der Waals surface area contributed by atoms with Crippen molar-refractivity contribution in [2.24, 2.45) is 10.4 Å². The van der Waals surface area contributed by atoms with E-state index in [-0.39, 0.29) is 5.91 Å². The molecule has 3 N–H and O–H groups in total. The van der Waals surface area contributed by atoms with E-state index < -0.39 is 0 Å². The second-order valence-electron chi connectivity index (χ2n) is 7.33. The number of guanidine groups is 1. The minimum atomic E-state index is -0.0554. The van der Waals surface area contributed by atoms with E-state index in [1.54, 1.807) is 21.2 Å². The van der Waals surface area contributed by atoms with Gasteiger partial charge in [-0.3, -0.25) is 9.79 Å². The summed E-state index contributed by atoms with van der Waals surface area (Å²) in [5.74, 6) is 0.779. The zero-order valence-electron chi connectivity index (χ0n) is 16.9. The van der Waals surface area contributed by atoms with Gasteiger partial charge in [-0.05, 0) is 48.8 Å². The first-order chi connectivity index (χ1) is 13.1. The number of benzene rings is 1. The van der Waals surface area contributed by atoms with Crippen LogP contribution in [0.2, 0.25) is 0 Å². The van der Waals surface area contributed by atoms with Gasteiger partial charge in [-0.1, -0.05) is 25.0 Å². The summed E-state index contributed by atoms with van der Waals surface area (Å²) in [6.45, 7) is 2.51. The van der Waals surface area contributed by atoms with Crippen LogP contribution in [0.3, 0.4) is 0 Å². The molecule has 0 unspecified atom stereocenters. The van der Waals surface area contributed by atoms with Gasteiger partial charge >= 0.3 is 0 Å². The van der Waals surface area contributed by atoms with Crippen LogP contribution in [0.1, 0.15) is 48.0 Å². The number of hydrogen-bond donors (Lipinski definition) is 3. The Bertz CT molecular complexity index is 624. The highest BCUT2D eigenvalue weighted by atomic mass is 16.5. The van der Waals surface area contributed by atoms with E-state index in [1.807, 2.05) is 24.3 Å². The van der Waals surface area contributed by atoms with Crippen LogP contribution in [0.15, 0.2) is 29.3 Å². The van der Waals surface area contributed by atoms with Gasteiger partial charge in [-0.25, -0.2) is 0 Å². The van der Waals surface area contributed by atoms with E-state index in [1.165, 1.54) is 25.7 Å². The highest BCUT2D eigenvalue weighted by molar-refractivity contribution is 5.94. The number of carbonyl (C=O) groups is 1. The standard InChI is InChI=1S/C21H34N4O2/c1-22-19(26)18-8-6-7-17(15-18)9-13-24-20(23-2)25-16-21(12-14-27-3)10-4-5-11-21/h6-8,15H,4-5,9-14,16H2,1-3H3,(H,22,26)(H2,23,24,25). The van der Waals surface area contributed by atoms with Crippen LogP contribution in [-0.2, 0) is 11.2 Å². The fourth-order valence-corrected chi connectivity index (χ4v) is 3.79. The van der Waals surface area contributed by atoms with Gasteiger partial charge in [0.2, 0.25) is 0 Å². The summed E-state index contributed by atoms with van der Waals surface area (Å²) in [7, 11) is 5.23. The molecule has 1 amide bonds. The number of ether oxygens (including phenoxy) is 1. The maximum atomic E-state index is 11.7. The Hall–Kier alpha value is -2.08. The lowest BCUT2D eigenvalue weighted by atomic mass is 9.83. The molecule has 1 aromatic rings. The highest BCUT2D eigenvalue weighted by Gasteiger charge is 2.33. The number of amides is 1. The molecule has 2 rings (SSSR count). The molecule has 0 saturated heterocycles. The maximum Gasteiger partial charge on any atom is 0.251 e. The van der Waals surface area contributed by atoms with Crippen molar-refractivity contribution in [3.8, 4) is 0 Å². The van der Waals surface area contributed by atoms with Crippen LogP contribution in [0, 0.1) is 5.41 Å². The molecule has 27 heavy (non-hydrogen) atoms. The topological polar surface area (TPSA) is 74.8 Å². The van der Waals surface area contributed by atoms with Gasteiger partial charge in [0.05, 0.1) is 0 Å². The lowest BCUT2D eigenvalue weighted by molar-refractivity contribution is 0.0963. The summed E-state index contributed by atoms with van der Waals surface area (Å²) in [5, 5.41) is 9.55. The van der Waals surface area contributed by atoms with E-state index in [4.69, 9.17) is 4.74 Å². The maximum absolute atomic E-state index is 11.7. The Morgan fingerprint density at radius 3 is 2.70 bits per heavy atom. The van der Waals surface area contributed by atoms with E-state index >= 15 is 0 Å². The Kier molecular flexibility index (Phi) is 8.58. The smallest absolute Gasteiger partial charge is 0.251 e. The third-order valence-electron chi connectivity index (χ3n) is 5.48. The summed E-state index contributed by atoms with van der Waals surface area (Å²) in [6.07, 6.45) is 7.05. The Morgan fingerprint density at radius 2 is 2.04 bits per heavy atom. The summed E-state index contributed by atoms with van der Waals surface area (Å²) >= 11 is 0. The van der Waals surface area contributed by atoms with E-state index in [2.05, 4.69) is 20.9 Å². The molecule has 0 aromatic heterocycles. The molecular formula is C21H34N4O2. The predicted octanol–water partition coefficient (Wildman–Crippen LogP) is 2.35. The number of methoxy groups -OCH3 is 1. The van der Waals surface area contributed by atoms with Crippen molar-refractivity contribution in [2.45, 2.75) is 38.5 Å². The minimum Gasteiger partial charge on any atom is -0.385 e. The van der Waals surface area contributed by atoms with Crippen LogP contribution < -0.4 is 16.0 Å². The zero-order valence-corrected chi connectivity index (χ0v) is 16.9. The van der Waals surface area contributed by atoms with Crippen LogP contribution in [0.5, 0.6) is 0 Å². The van der Waals surface area contributed by atoms with Crippen molar-refractivity contribution >= 4 is 11.9 Å². The van der Waals surface area contributed by atoms with E-state index in [0.717, 1.165) is 44.1 Å². The lowest BCUT2D eigenvalue weighted by Gasteiger charge is -2.30. The number of aliphatic imine (C=N–C) groups is 1. The summed E-state index contributed by atoms with van der Waals surface area (Å²) in [4.78, 5) is 16.1. The van der Waals surface area contributed by atoms with Gasteiger partial charge in [0.15, 0.2) is 5.96 Å². The molecule has 0 radical (unpaired) electrons. The Balaban J connectivity index is 1.81. The quantitative estimate of drug-likeness (QED) is 0.458. The largest absolute Gasteiger partial charge is 0.385 e. The third kappa shape index (κ3) is 6.54. The first-order valence-corrected chi connectivity index (χ1v) is 9.87. The number of nitrogens with zero attached hydrogens (tertiary/aromatic N) is 1. The number of rotatable bonds is 9. The molecule has 0 atom stereocenters. The zero-order chi connectivity index (χ0) is 19.5. The summed E-state index contributed by atoms with van der Waals surface area (Å²) in [6, 6.07) is 7.74. The molecule has 0 bridgehead atoms. The van der Waals surface area contributed by atoms with Crippen molar-refractivity contribution < 1.29 is 9.53 Å². The highest BCUT2D eigenvalue weighted by Crippen LogP contribution is 2.40. The second kappa shape index (κ2) is 10.9. The van der Waals surface area contributed by atoms with Gasteiger partial charge in [0.1, 0.15) is 0 Å². The van der Waals surface area contributed by atoms with Crippen molar-refractivity contribution in [3.05, 3.63) is 35.4 Å². The predicted molar refractivity (Wildman–Crippen MR) is 110 cm³/mol. The molecule has 0 aliphatic heterocycles. The lowest BCUT2D eigenvalue weighted by Crippen LogP contribution is -2.43. The SMILES string of the molecule is CN=C(NCCc1cccc(C(=O)NC)c1)NCC1(CCOC)CCCC1. The molecule has 1 aliphatic rings. The molecule has 1 aliphatic carbocycles. The third-order valence-corrected chi connectivity index (χ3v) is 5.48. The second-order valence-corrected chi connectivity index (χ2v) is 7.33. The molecule has 6 heteroatoms. The van der Waals surface area contributed by atoms with E-state index in [9.17, 15) is 4.79 Å². The van der Waals surface area contributed by atoms with Gasteiger partial charge in [0.25, 0.3) is 5.91 Å². The fourth-order valence-electron chi connectivity index (χ4n) is 3.79. The Labute approximate surface area is 163 Å². The number of carbonyl (C=O) groups excluding carboxylic acids is 1. The van der Waals surface area contributed by atoms with Gasteiger partial charge < -0.3 is 20.7 Å². The normalized spacial score (nSPS) is 16.2. The summed E-state index contributed by atoms with van der Waals surface area (Å²) in [5.41, 5.74) is 2.15. The molecule has 0 spiro atoms. The molecule has 1 fully saturated rings. The molecule has 150 valence electrons. The van der Waals surface area contributed by atoms with Crippen LogP contribution in [0.4, 0.5) is 0 Å². The first-order valence-electron chi connectivity index (χ1n) is 9.87. The monoisotopic (exact) mass is 374 g/mol. The average molecular weight is 375 g/mol. The van der Waals surface area contributed by atoms with Crippen molar-refractivity contribution in [1.29, 1.82) is 0 Å². The Morgan fingerprint density at radius 1 is 1.26 bits per heavy atom. The minimum absolute atomic E-state index is 0.0554. The van der Waals surface area contributed by atoms with Crippen LogP contribution >= 0.6 is 0 Å². The molecule has 6 nitrogen and oxygen atoms in total. The van der Waals surface area contributed by atoms with Crippen LogP contribution in [0.25, 0.3) is 0 Å². The van der Waals surface area contributed by atoms with Crippen molar-refractivity contribution in [1.82, 2.24) is 16.0 Å². The number of hydrogen-bond acceptors (Lipinski definition) is 3. The fraction of sp³-hybridized carbons (Fsp3) is 0.619. The molecule has 1 aromatic carbocycles. The first kappa shape index (κ1) is 21.2. The van der Waals surface area contributed by atoms with E-state index in [0.29, 0.717) is 11.0 Å². The van der Waals surface area contributed by atoms with Gasteiger partial charge in [-0.15, -0.1) is 0 Å². The molecule has 1 saturated carbocycles.